The maximum atomic E-state index is 12.7. The lowest BCUT2D eigenvalue weighted by atomic mass is 10.0. The van der Waals surface area contributed by atoms with Gasteiger partial charge in [-0.3, -0.25) is 25.3 Å². The molecule has 11 heteroatoms. The number of nitrogens with zero attached hydrogens (tertiary/aromatic N) is 3. The lowest BCUT2D eigenvalue weighted by molar-refractivity contribution is -0.120. The van der Waals surface area contributed by atoms with Crippen LogP contribution in [0.3, 0.4) is 0 Å². The highest BCUT2D eigenvalue weighted by atomic mass is 35.5. The second-order valence-electron chi connectivity index (χ2n) is 6.64. The van der Waals surface area contributed by atoms with Crippen molar-refractivity contribution in [3.63, 3.8) is 0 Å². The minimum atomic E-state index is -0.696. The van der Waals surface area contributed by atoms with Gasteiger partial charge < -0.3 is 0 Å². The Balaban J connectivity index is 1.64. The SMILES string of the molecule is O=C1CN(NC(=O)C2=NN(c3ccc(Cl)cc3Cl)C(c3ccc(Cl)cc3)C2)C(=O)N1. The molecule has 1 unspecified atom stereocenters. The number of amides is 4. The van der Waals surface area contributed by atoms with Crippen LogP contribution in [0.2, 0.25) is 15.1 Å². The minimum Gasteiger partial charge on any atom is -0.275 e. The third-order valence-electron chi connectivity index (χ3n) is 4.61. The van der Waals surface area contributed by atoms with Crippen molar-refractivity contribution in [2.24, 2.45) is 5.10 Å². The Kier molecular flexibility index (Phi) is 5.55. The normalized spacial score (nSPS) is 18.5. The molecule has 4 amide bonds. The highest BCUT2D eigenvalue weighted by molar-refractivity contribution is 6.40. The number of hydrogen-bond donors (Lipinski definition) is 2. The number of halogens is 3. The highest BCUT2D eigenvalue weighted by Crippen LogP contribution is 2.39. The van der Waals surface area contributed by atoms with Gasteiger partial charge in [-0.1, -0.05) is 46.9 Å². The second-order valence-corrected chi connectivity index (χ2v) is 7.92. The van der Waals surface area contributed by atoms with Gasteiger partial charge in [0.1, 0.15) is 12.3 Å². The molecule has 1 saturated heterocycles. The van der Waals surface area contributed by atoms with E-state index in [0.29, 0.717) is 20.8 Å². The van der Waals surface area contributed by atoms with Crippen LogP contribution >= 0.6 is 34.8 Å². The van der Waals surface area contributed by atoms with E-state index in [0.717, 1.165) is 10.6 Å². The molecule has 0 aliphatic carbocycles. The van der Waals surface area contributed by atoms with Crippen molar-refractivity contribution < 1.29 is 14.4 Å². The smallest absolute Gasteiger partial charge is 0.275 e. The quantitative estimate of drug-likeness (QED) is 0.674. The summed E-state index contributed by atoms with van der Waals surface area (Å²) >= 11 is 18.4. The van der Waals surface area contributed by atoms with Gasteiger partial charge >= 0.3 is 6.03 Å². The van der Waals surface area contributed by atoms with Crippen LogP contribution in [0.1, 0.15) is 18.0 Å². The molecule has 4 rings (SSSR count). The number of hydrazine groups is 1. The number of rotatable bonds is 4. The van der Waals surface area contributed by atoms with E-state index in [4.69, 9.17) is 34.8 Å². The van der Waals surface area contributed by atoms with Crippen molar-refractivity contribution in [2.75, 3.05) is 11.6 Å². The van der Waals surface area contributed by atoms with Crippen molar-refractivity contribution in [3.05, 3.63) is 63.1 Å². The van der Waals surface area contributed by atoms with Crippen LogP contribution in [0.4, 0.5) is 10.5 Å². The summed E-state index contributed by atoms with van der Waals surface area (Å²) in [6.07, 6.45) is 0.246. The molecule has 2 aromatic carbocycles. The molecule has 30 heavy (non-hydrogen) atoms. The summed E-state index contributed by atoms with van der Waals surface area (Å²) in [7, 11) is 0. The topological polar surface area (TPSA) is 94.1 Å². The molecule has 2 N–H and O–H groups in total. The van der Waals surface area contributed by atoms with Crippen molar-refractivity contribution in [3.8, 4) is 0 Å². The zero-order valence-electron chi connectivity index (χ0n) is 15.2. The molecule has 154 valence electrons. The number of benzene rings is 2. The van der Waals surface area contributed by atoms with Gasteiger partial charge in [-0.05, 0) is 35.9 Å². The molecular formula is C19H14Cl3N5O3. The molecule has 0 spiro atoms. The van der Waals surface area contributed by atoms with Gasteiger partial charge in [0, 0.05) is 16.5 Å². The van der Waals surface area contributed by atoms with Crippen LogP contribution in [-0.4, -0.2) is 35.1 Å². The zero-order chi connectivity index (χ0) is 21.4. The molecule has 0 bridgehead atoms. The van der Waals surface area contributed by atoms with E-state index in [1.165, 1.54) is 0 Å². The first-order valence-electron chi connectivity index (χ1n) is 8.81. The Bertz CT molecular complexity index is 1070. The fraction of sp³-hybridized carbons (Fsp3) is 0.158. The molecule has 0 radical (unpaired) electrons. The van der Waals surface area contributed by atoms with E-state index < -0.39 is 17.8 Å². The summed E-state index contributed by atoms with van der Waals surface area (Å²) in [6, 6.07) is 11.1. The van der Waals surface area contributed by atoms with Gasteiger partial charge in [-0.25, -0.2) is 9.80 Å². The maximum Gasteiger partial charge on any atom is 0.343 e. The molecule has 2 aliphatic rings. The number of carbonyl (C=O) groups is 3. The number of hydrazone groups is 1. The van der Waals surface area contributed by atoms with Crippen LogP contribution in [0.5, 0.6) is 0 Å². The molecule has 2 aliphatic heterocycles. The summed E-state index contributed by atoms with van der Waals surface area (Å²) < 4.78 is 0. The Morgan fingerprint density at radius 1 is 1.07 bits per heavy atom. The molecule has 2 aromatic rings. The van der Waals surface area contributed by atoms with E-state index in [1.807, 2.05) is 12.1 Å². The van der Waals surface area contributed by atoms with Crippen LogP contribution in [0.25, 0.3) is 0 Å². The minimum absolute atomic E-state index is 0.174. The van der Waals surface area contributed by atoms with Crippen LogP contribution in [-0.2, 0) is 9.59 Å². The first-order chi connectivity index (χ1) is 14.3. The number of carbonyl (C=O) groups excluding carboxylic acids is 3. The van der Waals surface area contributed by atoms with Gasteiger partial charge in [0.25, 0.3) is 5.91 Å². The number of hydrogen-bond acceptors (Lipinski definition) is 5. The van der Waals surface area contributed by atoms with E-state index in [-0.39, 0.29) is 24.7 Å². The van der Waals surface area contributed by atoms with Gasteiger partial charge in [-0.15, -0.1) is 0 Å². The number of anilines is 1. The molecular weight excluding hydrogens is 453 g/mol. The van der Waals surface area contributed by atoms with Gasteiger partial charge in [0.2, 0.25) is 5.91 Å². The predicted molar refractivity (Wildman–Crippen MR) is 114 cm³/mol. The Labute approximate surface area is 186 Å². The van der Waals surface area contributed by atoms with E-state index in [9.17, 15) is 14.4 Å². The fourth-order valence-electron chi connectivity index (χ4n) is 3.20. The number of imide groups is 1. The lowest BCUT2D eigenvalue weighted by Crippen LogP contribution is -2.46. The van der Waals surface area contributed by atoms with E-state index >= 15 is 0 Å². The van der Waals surface area contributed by atoms with E-state index in [1.54, 1.807) is 35.3 Å². The van der Waals surface area contributed by atoms with Gasteiger partial charge in [0.15, 0.2) is 0 Å². The third kappa shape index (κ3) is 4.07. The Morgan fingerprint density at radius 3 is 2.40 bits per heavy atom. The van der Waals surface area contributed by atoms with Gasteiger partial charge in [-0.2, -0.15) is 5.10 Å². The van der Waals surface area contributed by atoms with Crippen LogP contribution in [0.15, 0.2) is 47.6 Å². The van der Waals surface area contributed by atoms with Crippen molar-refractivity contribution in [1.82, 2.24) is 15.8 Å². The summed E-state index contributed by atoms with van der Waals surface area (Å²) in [6.45, 7) is -0.259. The predicted octanol–water partition coefficient (Wildman–Crippen LogP) is 3.54. The molecule has 8 nitrogen and oxygen atoms in total. The van der Waals surface area contributed by atoms with Crippen molar-refractivity contribution in [1.29, 1.82) is 0 Å². The first kappa shape index (κ1) is 20.5. The summed E-state index contributed by atoms with van der Waals surface area (Å²) in [5.74, 6) is -1.09. The monoisotopic (exact) mass is 465 g/mol. The average molecular weight is 467 g/mol. The Morgan fingerprint density at radius 2 is 1.77 bits per heavy atom. The molecule has 0 aromatic heterocycles. The Hall–Kier alpha value is -2.81. The summed E-state index contributed by atoms with van der Waals surface area (Å²) in [5, 5.41) is 10.5. The lowest BCUT2D eigenvalue weighted by Gasteiger charge is -2.25. The maximum absolute atomic E-state index is 12.7. The second kappa shape index (κ2) is 8.14. The number of urea groups is 1. The molecule has 0 saturated carbocycles. The van der Waals surface area contributed by atoms with Crippen LogP contribution < -0.4 is 15.8 Å². The fourth-order valence-corrected chi connectivity index (χ4v) is 3.82. The first-order valence-corrected chi connectivity index (χ1v) is 9.95. The van der Waals surface area contributed by atoms with Crippen LogP contribution in [0, 0.1) is 0 Å². The third-order valence-corrected chi connectivity index (χ3v) is 5.40. The van der Waals surface area contributed by atoms with Gasteiger partial charge in [0.05, 0.1) is 16.8 Å². The molecule has 1 fully saturated rings. The zero-order valence-corrected chi connectivity index (χ0v) is 17.5. The summed E-state index contributed by atoms with van der Waals surface area (Å²) in [5.41, 5.74) is 4.02. The van der Waals surface area contributed by atoms with Crippen molar-refractivity contribution >= 4 is 64.0 Å². The molecule has 1 atom stereocenters. The molecule has 2 heterocycles. The average Bonchev–Trinajstić information content (AvgIpc) is 3.26. The largest absolute Gasteiger partial charge is 0.343 e. The summed E-state index contributed by atoms with van der Waals surface area (Å²) in [4.78, 5) is 35.8. The van der Waals surface area contributed by atoms with Crippen molar-refractivity contribution in [2.45, 2.75) is 12.5 Å². The van der Waals surface area contributed by atoms with E-state index in [2.05, 4.69) is 15.8 Å². The highest BCUT2D eigenvalue weighted by Gasteiger charge is 2.36. The standard InChI is InChI=1S/C19H14Cl3N5O3/c20-11-3-1-10(2-4-11)16-8-14(18(29)25-26-9-17(28)23-19(26)30)24-27(16)15-6-5-12(21)7-13(15)22/h1-7,16H,8-9H2,(H,25,29)(H,23,28,30). The number of nitrogens with one attached hydrogen (secondary N) is 2.